The van der Waals surface area contributed by atoms with E-state index >= 15 is 0 Å². The third kappa shape index (κ3) is 5.15. The SMILES string of the molecule is O=C(NCCC(=O)N1CCN(c2ccccn2)CC1)Nc1ccc(F)c(F)c1F. The number of hydrogen-bond acceptors (Lipinski definition) is 4. The van der Waals surface area contributed by atoms with Crippen LogP contribution in [0.2, 0.25) is 0 Å². The summed E-state index contributed by atoms with van der Waals surface area (Å²) < 4.78 is 39.6. The second kappa shape index (κ2) is 9.26. The maximum Gasteiger partial charge on any atom is 0.319 e. The molecule has 2 aromatic rings. The minimum absolute atomic E-state index is 0.0242. The first-order valence-corrected chi connectivity index (χ1v) is 9.08. The number of benzene rings is 1. The highest BCUT2D eigenvalue weighted by Gasteiger charge is 2.21. The molecule has 0 saturated carbocycles. The van der Waals surface area contributed by atoms with Crippen LogP contribution in [-0.4, -0.2) is 54.5 Å². The molecule has 1 fully saturated rings. The number of nitrogens with zero attached hydrogens (tertiary/aromatic N) is 3. The highest BCUT2D eigenvalue weighted by molar-refractivity contribution is 5.89. The maximum absolute atomic E-state index is 13.5. The molecular formula is C19H20F3N5O2. The Morgan fingerprint density at radius 3 is 2.45 bits per heavy atom. The van der Waals surface area contributed by atoms with Crippen LogP contribution in [0.4, 0.5) is 29.5 Å². The first-order chi connectivity index (χ1) is 14.0. The number of halogens is 3. The Morgan fingerprint density at radius 1 is 1.00 bits per heavy atom. The van der Waals surface area contributed by atoms with Crippen LogP contribution in [0.15, 0.2) is 36.5 Å². The van der Waals surface area contributed by atoms with Gasteiger partial charge in [0.2, 0.25) is 5.91 Å². The molecule has 1 aliphatic heterocycles. The lowest BCUT2D eigenvalue weighted by Gasteiger charge is -2.35. The molecule has 2 N–H and O–H groups in total. The summed E-state index contributed by atoms with van der Waals surface area (Å²) in [5.74, 6) is -3.75. The van der Waals surface area contributed by atoms with Crippen molar-refractivity contribution in [3.63, 3.8) is 0 Å². The molecule has 0 atom stereocenters. The van der Waals surface area contributed by atoms with Crippen molar-refractivity contribution in [2.24, 2.45) is 0 Å². The summed E-state index contributed by atoms with van der Waals surface area (Å²) in [6.45, 7) is 2.43. The zero-order chi connectivity index (χ0) is 20.8. The Bertz CT molecular complexity index is 874. The lowest BCUT2D eigenvalue weighted by atomic mass is 10.2. The van der Waals surface area contributed by atoms with E-state index < -0.39 is 29.2 Å². The van der Waals surface area contributed by atoms with E-state index in [4.69, 9.17) is 0 Å². The van der Waals surface area contributed by atoms with Gasteiger partial charge in [-0.25, -0.2) is 22.9 Å². The van der Waals surface area contributed by atoms with Crippen LogP contribution in [-0.2, 0) is 4.79 Å². The normalized spacial score (nSPS) is 13.9. The summed E-state index contributed by atoms with van der Waals surface area (Å²) in [4.78, 5) is 32.1. The van der Waals surface area contributed by atoms with Crippen molar-refractivity contribution in [1.82, 2.24) is 15.2 Å². The molecule has 2 heterocycles. The summed E-state index contributed by atoms with van der Waals surface area (Å²) in [5.41, 5.74) is -0.488. The molecule has 7 nitrogen and oxygen atoms in total. The van der Waals surface area contributed by atoms with Gasteiger partial charge in [0, 0.05) is 45.3 Å². The number of anilines is 2. The Morgan fingerprint density at radius 2 is 1.76 bits per heavy atom. The van der Waals surface area contributed by atoms with Crippen molar-refractivity contribution in [3.8, 4) is 0 Å². The molecule has 0 spiro atoms. The predicted molar refractivity (Wildman–Crippen MR) is 101 cm³/mol. The molecule has 29 heavy (non-hydrogen) atoms. The number of piperazine rings is 1. The lowest BCUT2D eigenvalue weighted by Crippen LogP contribution is -2.49. The fourth-order valence-electron chi connectivity index (χ4n) is 2.96. The van der Waals surface area contributed by atoms with E-state index in [0.717, 1.165) is 11.9 Å². The number of amides is 3. The number of aromatic nitrogens is 1. The van der Waals surface area contributed by atoms with Gasteiger partial charge in [-0.15, -0.1) is 0 Å². The summed E-state index contributed by atoms with van der Waals surface area (Å²) in [6.07, 6.45) is 1.78. The third-order valence-electron chi connectivity index (χ3n) is 4.51. The number of hydrogen-bond donors (Lipinski definition) is 2. The predicted octanol–water partition coefficient (Wildman–Crippen LogP) is 2.36. The molecule has 154 valence electrons. The Balaban J connectivity index is 1.40. The van der Waals surface area contributed by atoms with Crippen LogP contribution in [0.5, 0.6) is 0 Å². The van der Waals surface area contributed by atoms with E-state index in [2.05, 4.69) is 20.5 Å². The summed E-state index contributed by atoms with van der Waals surface area (Å²) in [6, 6.07) is 6.47. The van der Waals surface area contributed by atoms with Gasteiger partial charge >= 0.3 is 6.03 Å². The van der Waals surface area contributed by atoms with Gasteiger partial charge in [0.15, 0.2) is 17.5 Å². The van der Waals surface area contributed by atoms with Crippen LogP contribution in [0, 0.1) is 17.5 Å². The van der Waals surface area contributed by atoms with Crippen molar-refractivity contribution in [2.45, 2.75) is 6.42 Å². The molecule has 0 radical (unpaired) electrons. The molecule has 1 aromatic heterocycles. The average molecular weight is 407 g/mol. The molecule has 1 aliphatic rings. The van der Waals surface area contributed by atoms with E-state index in [1.54, 1.807) is 11.1 Å². The zero-order valence-corrected chi connectivity index (χ0v) is 15.5. The minimum atomic E-state index is -1.66. The van der Waals surface area contributed by atoms with E-state index in [9.17, 15) is 22.8 Å². The van der Waals surface area contributed by atoms with Crippen molar-refractivity contribution >= 4 is 23.4 Å². The number of carbonyl (C=O) groups excluding carboxylic acids is 2. The fraction of sp³-hybridized carbons (Fsp3) is 0.316. The van der Waals surface area contributed by atoms with Crippen LogP contribution >= 0.6 is 0 Å². The first-order valence-electron chi connectivity index (χ1n) is 9.08. The van der Waals surface area contributed by atoms with Gasteiger partial charge < -0.3 is 20.4 Å². The quantitative estimate of drug-likeness (QED) is 0.746. The number of rotatable bonds is 5. The summed E-state index contributed by atoms with van der Waals surface area (Å²) >= 11 is 0. The van der Waals surface area contributed by atoms with Crippen LogP contribution in [0.1, 0.15) is 6.42 Å². The van der Waals surface area contributed by atoms with Crippen molar-refractivity contribution in [1.29, 1.82) is 0 Å². The Kier molecular flexibility index (Phi) is 6.53. The molecule has 10 heteroatoms. The number of urea groups is 1. The molecule has 0 aliphatic carbocycles. The van der Waals surface area contributed by atoms with E-state index in [0.29, 0.717) is 32.2 Å². The number of carbonyl (C=O) groups is 2. The molecule has 1 aromatic carbocycles. The largest absolute Gasteiger partial charge is 0.353 e. The molecule has 0 unspecified atom stereocenters. The number of pyridine rings is 1. The van der Waals surface area contributed by atoms with Gasteiger partial charge in [-0.2, -0.15) is 0 Å². The zero-order valence-electron chi connectivity index (χ0n) is 15.5. The third-order valence-corrected chi connectivity index (χ3v) is 4.51. The Labute approximate surface area is 165 Å². The second-order valence-corrected chi connectivity index (χ2v) is 6.41. The standard InChI is InChI=1S/C19H20F3N5O2/c20-13-4-5-14(18(22)17(13)21)25-19(29)24-8-6-16(28)27-11-9-26(10-12-27)15-3-1-2-7-23-15/h1-5,7H,6,8-12H2,(H2,24,25,29). The van der Waals surface area contributed by atoms with Crippen molar-refractivity contribution in [3.05, 3.63) is 54.0 Å². The topological polar surface area (TPSA) is 77.6 Å². The highest BCUT2D eigenvalue weighted by atomic mass is 19.2. The van der Waals surface area contributed by atoms with Gasteiger partial charge in [-0.1, -0.05) is 6.07 Å². The lowest BCUT2D eigenvalue weighted by molar-refractivity contribution is -0.131. The first kappa shape index (κ1) is 20.4. The van der Waals surface area contributed by atoms with E-state index in [-0.39, 0.29) is 18.9 Å². The fourth-order valence-corrected chi connectivity index (χ4v) is 2.96. The second-order valence-electron chi connectivity index (χ2n) is 6.41. The molecular weight excluding hydrogens is 387 g/mol. The van der Waals surface area contributed by atoms with Crippen LogP contribution in [0.3, 0.4) is 0 Å². The van der Waals surface area contributed by atoms with E-state index in [1.165, 1.54) is 0 Å². The summed E-state index contributed by atoms with van der Waals surface area (Å²) in [5, 5.41) is 4.48. The molecule has 3 amide bonds. The number of nitrogens with one attached hydrogen (secondary N) is 2. The molecule has 0 bridgehead atoms. The maximum atomic E-state index is 13.5. The van der Waals surface area contributed by atoms with Gasteiger partial charge in [-0.3, -0.25) is 4.79 Å². The molecule has 3 rings (SSSR count). The highest BCUT2D eigenvalue weighted by Crippen LogP contribution is 2.19. The monoisotopic (exact) mass is 407 g/mol. The molecule has 1 saturated heterocycles. The Hall–Kier alpha value is -3.30. The average Bonchev–Trinajstić information content (AvgIpc) is 2.75. The van der Waals surface area contributed by atoms with Gasteiger partial charge in [0.25, 0.3) is 0 Å². The van der Waals surface area contributed by atoms with Crippen molar-refractivity contribution < 1.29 is 22.8 Å². The van der Waals surface area contributed by atoms with Crippen LogP contribution in [0.25, 0.3) is 0 Å². The van der Waals surface area contributed by atoms with Crippen molar-refractivity contribution in [2.75, 3.05) is 42.9 Å². The van der Waals surface area contributed by atoms with Gasteiger partial charge in [0.05, 0.1) is 5.69 Å². The van der Waals surface area contributed by atoms with E-state index in [1.807, 2.05) is 18.2 Å². The minimum Gasteiger partial charge on any atom is -0.353 e. The van der Waals surface area contributed by atoms with Gasteiger partial charge in [0.1, 0.15) is 5.82 Å². The van der Waals surface area contributed by atoms with Gasteiger partial charge in [-0.05, 0) is 24.3 Å². The smallest absolute Gasteiger partial charge is 0.319 e. The summed E-state index contributed by atoms with van der Waals surface area (Å²) in [7, 11) is 0. The van der Waals surface area contributed by atoms with Crippen LogP contribution < -0.4 is 15.5 Å².